The van der Waals surface area contributed by atoms with Gasteiger partial charge in [0.25, 0.3) is 0 Å². The molecular formula is C14H20BrNO4. The maximum atomic E-state index is 11.0. The number of carbonyl (C=O) groups is 1. The standard InChI is InChI=1S/C14H20BrNO4/c1-10(9-20-3)16(6-7-19-2)11-4-5-12(14(17)18)13(15)8-11/h4-5,8,10H,6-7,9H2,1-3H3,(H,17,18). The first-order valence-corrected chi connectivity index (χ1v) is 7.08. The largest absolute Gasteiger partial charge is 0.478 e. The summed E-state index contributed by atoms with van der Waals surface area (Å²) in [6.07, 6.45) is 0. The van der Waals surface area contributed by atoms with Crippen molar-refractivity contribution in [2.24, 2.45) is 0 Å². The normalized spacial score (nSPS) is 12.2. The molecule has 0 spiro atoms. The van der Waals surface area contributed by atoms with Gasteiger partial charge in [0.15, 0.2) is 0 Å². The molecule has 1 aromatic carbocycles. The first kappa shape index (κ1) is 16.9. The zero-order chi connectivity index (χ0) is 15.1. The predicted octanol–water partition coefficient (Wildman–Crippen LogP) is 2.64. The van der Waals surface area contributed by atoms with E-state index in [4.69, 9.17) is 14.6 Å². The van der Waals surface area contributed by atoms with E-state index < -0.39 is 5.97 Å². The predicted molar refractivity (Wildman–Crippen MR) is 81.7 cm³/mol. The Kier molecular flexibility index (Phi) is 6.98. The third kappa shape index (κ3) is 4.47. The van der Waals surface area contributed by atoms with Gasteiger partial charge in [-0.25, -0.2) is 4.79 Å². The molecule has 0 bridgehead atoms. The summed E-state index contributed by atoms with van der Waals surface area (Å²) in [5.74, 6) is -0.947. The Morgan fingerprint density at radius 1 is 1.40 bits per heavy atom. The lowest BCUT2D eigenvalue weighted by atomic mass is 10.1. The van der Waals surface area contributed by atoms with Crippen LogP contribution in [-0.4, -0.2) is 51.1 Å². The van der Waals surface area contributed by atoms with Crippen LogP contribution >= 0.6 is 15.9 Å². The lowest BCUT2D eigenvalue weighted by molar-refractivity contribution is 0.0696. The maximum Gasteiger partial charge on any atom is 0.336 e. The van der Waals surface area contributed by atoms with Gasteiger partial charge in [-0.3, -0.25) is 0 Å². The second kappa shape index (κ2) is 8.24. The number of carboxylic acid groups (broad SMARTS) is 1. The molecule has 6 heteroatoms. The average Bonchev–Trinajstić information content (AvgIpc) is 2.39. The lowest BCUT2D eigenvalue weighted by Gasteiger charge is -2.31. The molecule has 1 rings (SSSR count). The van der Waals surface area contributed by atoms with Gasteiger partial charge in [-0.15, -0.1) is 0 Å². The molecule has 0 heterocycles. The minimum Gasteiger partial charge on any atom is -0.478 e. The molecule has 112 valence electrons. The fraction of sp³-hybridized carbons (Fsp3) is 0.500. The number of hydrogen-bond acceptors (Lipinski definition) is 4. The minimum atomic E-state index is -0.947. The molecule has 0 aliphatic rings. The molecule has 0 radical (unpaired) electrons. The van der Waals surface area contributed by atoms with Gasteiger partial charge in [0, 0.05) is 37.0 Å². The van der Waals surface area contributed by atoms with Gasteiger partial charge in [-0.1, -0.05) is 0 Å². The van der Waals surface area contributed by atoms with Crippen LogP contribution in [0.1, 0.15) is 17.3 Å². The molecule has 0 saturated heterocycles. The van der Waals surface area contributed by atoms with Crippen molar-refractivity contribution in [3.05, 3.63) is 28.2 Å². The van der Waals surface area contributed by atoms with Gasteiger partial charge in [0.05, 0.1) is 18.8 Å². The fourth-order valence-electron chi connectivity index (χ4n) is 1.98. The SMILES string of the molecule is COCCN(c1ccc(C(=O)O)c(Br)c1)C(C)COC. The smallest absolute Gasteiger partial charge is 0.336 e. The molecule has 1 unspecified atom stereocenters. The highest BCUT2D eigenvalue weighted by Gasteiger charge is 2.17. The molecule has 1 atom stereocenters. The van der Waals surface area contributed by atoms with E-state index in [-0.39, 0.29) is 11.6 Å². The third-order valence-corrected chi connectivity index (χ3v) is 3.65. The van der Waals surface area contributed by atoms with Crippen molar-refractivity contribution in [1.82, 2.24) is 0 Å². The molecular weight excluding hydrogens is 326 g/mol. The first-order valence-electron chi connectivity index (χ1n) is 6.28. The zero-order valence-corrected chi connectivity index (χ0v) is 13.5. The number of hydrogen-bond donors (Lipinski definition) is 1. The van der Waals surface area contributed by atoms with E-state index in [9.17, 15) is 4.79 Å². The summed E-state index contributed by atoms with van der Waals surface area (Å²) in [5, 5.41) is 9.05. The Morgan fingerprint density at radius 2 is 2.10 bits per heavy atom. The summed E-state index contributed by atoms with van der Waals surface area (Å²) < 4.78 is 10.9. The van der Waals surface area contributed by atoms with Gasteiger partial charge < -0.3 is 19.5 Å². The molecule has 1 aromatic rings. The fourth-order valence-corrected chi connectivity index (χ4v) is 2.52. The van der Waals surface area contributed by atoms with Crippen LogP contribution in [0.2, 0.25) is 0 Å². The number of benzene rings is 1. The Morgan fingerprint density at radius 3 is 2.60 bits per heavy atom. The molecule has 0 saturated carbocycles. The topological polar surface area (TPSA) is 59.0 Å². The van der Waals surface area contributed by atoms with Crippen molar-refractivity contribution in [2.45, 2.75) is 13.0 Å². The van der Waals surface area contributed by atoms with Crippen LogP contribution in [0.4, 0.5) is 5.69 Å². The van der Waals surface area contributed by atoms with Crippen molar-refractivity contribution in [3.8, 4) is 0 Å². The molecule has 5 nitrogen and oxygen atoms in total. The highest BCUT2D eigenvalue weighted by atomic mass is 79.9. The molecule has 20 heavy (non-hydrogen) atoms. The second-order valence-electron chi connectivity index (χ2n) is 4.46. The summed E-state index contributed by atoms with van der Waals surface area (Å²) in [7, 11) is 3.32. The number of nitrogens with zero attached hydrogens (tertiary/aromatic N) is 1. The van der Waals surface area contributed by atoms with E-state index in [0.717, 1.165) is 5.69 Å². The van der Waals surface area contributed by atoms with E-state index in [2.05, 4.69) is 27.8 Å². The molecule has 0 aliphatic carbocycles. The Bertz CT molecular complexity index is 453. The number of anilines is 1. The molecule has 0 aliphatic heterocycles. The van der Waals surface area contributed by atoms with Crippen molar-refractivity contribution in [3.63, 3.8) is 0 Å². The van der Waals surface area contributed by atoms with Crippen molar-refractivity contribution < 1.29 is 19.4 Å². The average molecular weight is 346 g/mol. The van der Waals surface area contributed by atoms with Crippen LogP contribution in [0.15, 0.2) is 22.7 Å². The molecule has 0 amide bonds. The van der Waals surface area contributed by atoms with Crippen LogP contribution in [-0.2, 0) is 9.47 Å². The number of aromatic carboxylic acids is 1. The van der Waals surface area contributed by atoms with Crippen LogP contribution in [0.3, 0.4) is 0 Å². The summed E-state index contributed by atoms with van der Waals surface area (Å²) in [6.45, 7) is 3.94. The second-order valence-corrected chi connectivity index (χ2v) is 5.31. The van der Waals surface area contributed by atoms with Gasteiger partial charge in [0.1, 0.15) is 0 Å². The zero-order valence-electron chi connectivity index (χ0n) is 11.9. The molecule has 1 N–H and O–H groups in total. The highest BCUT2D eigenvalue weighted by molar-refractivity contribution is 9.10. The number of carboxylic acids is 1. The van der Waals surface area contributed by atoms with E-state index in [1.807, 2.05) is 6.07 Å². The van der Waals surface area contributed by atoms with Crippen molar-refractivity contribution in [2.75, 3.05) is 38.9 Å². The molecule has 0 fully saturated rings. The van der Waals surface area contributed by atoms with Crippen LogP contribution in [0.25, 0.3) is 0 Å². The number of ether oxygens (including phenoxy) is 2. The number of rotatable bonds is 8. The van der Waals surface area contributed by atoms with Gasteiger partial charge in [-0.05, 0) is 41.1 Å². The summed E-state index contributed by atoms with van der Waals surface area (Å²) >= 11 is 3.30. The lowest BCUT2D eigenvalue weighted by Crippen LogP contribution is -2.38. The van der Waals surface area contributed by atoms with E-state index in [1.54, 1.807) is 26.4 Å². The van der Waals surface area contributed by atoms with Crippen molar-refractivity contribution in [1.29, 1.82) is 0 Å². The summed E-state index contributed by atoms with van der Waals surface area (Å²) in [5.41, 5.74) is 1.18. The van der Waals surface area contributed by atoms with E-state index in [1.165, 1.54) is 0 Å². The third-order valence-electron chi connectivity index (χ3n) is 2.99. The summed E-state index contributed by atoms with van der Waals surface area (Å²) in [4.78, 5) is 13.2. The van der Waals surface area contributed by atoms with Gasteiger partial charge >= 0.3 is 5.97 Å². The van der Waals surface area contributed by atoms with Crippen LogP contribution in [0.5, 0.6) is 0 Å². The first-order chi connectivity index (χ1) is 9.51. The summed E-state index contributed by atoms with van der Waals surface area (Å²) in [6, 6.07) is 5.38. The van der Waals surface area contributed by atoms with E-state index >= 15 is 0 Å². The van der Waals surface area contributed by atoms with Gasteiger partial charge in [0.2, 0.25) is 0 Å². The minimum absolute atomic E-state index is 0.165. The Labute approximate surface area is 127 Å². The van der Waals surface area contributed by atoms with E-state index in [0.29, 0.717) is 24.2 Å². The number of methoxy groups -OCH3 is 2. The Balaban J connectivity index is 3.00. The van der Waals surface area contributed by atoms with Crippen molar-refractivity contribution >= 4 is 27.6 Å². The Hall–Kier alpha value is -1.11. The van der Waals surface area contributed by atoms with Gasteiger partial charge in [-0.2, -0.15) is 0 Å². The monoisotopic (exact) mass is 345 g/mol. The highest BCUT2D eigenvalue weighted by Crippen LogP contribution is 2.25. The number of halogens is 1. The van der Waals surface area contributed by atoms with Crippen LogP contribution < -0.4 is 4.90 Å². The quantitative estimate of drug-likeness (QED) is 0.784. The van der Waals surface area contributed by atoms with Crippen LogP contribution in [0, 0.1) is 0 Å². The molecule has 0 aromatic heterocycles. The maximum absolute atomic E-state index is 11.0.